The summed E-state index contributed by atoms with van der Waals surface area (Å²) in [5, 5.41) is 24.0. The molecular weight excluding hydrogens is 798 g/mol. The molecule has 0 amide bonds. The second-order valence-corrected chi connectivity index (χ2v) is 10.5. The van der Waals surface area contributed by atoms with Gasteiger partial charge in [0.15, 0.2) is 0 Å². The Kier molecular flexibility index (Phi) is 28.3. The van der Waals surface area contributed by atoms with Gasteiger partial charge in [-0.05, 0) is 0 Å². The van der Waals surface area contributed by atoms with E-state index in [0.29, 0.717) is 9.80 Å². The van der Waals surface area contributed by atoms with E-state index >= 15 is 0 Å². The monoisotopic (exact) mass is 828 g/mol. The van der Waals surface area contributed by atoms with E-state index < -0.39 is 102 Å². The molecule has 1 saturated heterocycles. The maximum Gasteiger partial charge on any atom is 2.00 e. The fraction of sp³-hybridized carbons (Fsp3) is 1.00. The topological polar surface area (TPSA) is 89.5 Å². The minimum absolute atomic E-state index is 0. The predicted octanol–water partition coefficient (Wildman–Crippen LogP) is 3.58. The number of hydrogen-bond donors (Lipinski definition) is 0. The van der Waals surface area contributed by atoms with Gasteiger partial charge in [-0.3, -0.25) is 9.80 Å². The van der Waals surface area contributed by atoms with E-state index in [0.717, 1.165) is 0 Å². The van der Waals surface area contributed by atoms with E-state index in [1.165, 1.54) is 0 Å². The van der Waals surface area contributed by atoms with Crippen molar-refractivity contribution in [3.05, 3.63) is 0 Å². The van der Waals surface area contributed by atoms with Crippen molar-refractivity contribution in [2.75, 3.05) is 103 Å². The molecule has 47 heavy (non-hydrogen) atoms. The van der Waals surface area contributed by atoms with Crippen LogP contribution in [0.5, 0.6) is 0 Å². The van der Waals surface area contributed by atoms with E-state index in [2.05, 4.69) is 0 Å². The summed E-state index contributed by atoms with van der Waals surface area (Å²) < 4.78 is 176. The molecule has 0 atom stereocenters. The summed E-state index contributed by atoms with van der Waals surface area (Å²) in [4.78, 5) is 1.13. The minimum Gasteiger partial charge on any atom is -0.835 e. The van der Waals surface area contributed by atoms with E-state index in [9.17, 15) is 62.9 Å². The number of ether oxygens (including phenoxy) is 4. The fourth-order valence-electron chi connectivity index (χ4n) is 3.27. The molecular formula is C22H32CaCl4F12N2O6. The van der Waals surface area contributed by atoms with Gasteiger partial charge in [-0.25, -0.2) is 0 Å². The van der Waals surface area contributed by atoms with Gasteiger partial charge in [0.2, 0.25) is 0 Å². The number of rotatable bonds is 4. The van der Waals surface area contributed by atoms with Gasteiger partial charge in [-0.1, -0.05) is 0 Å². The Bertz CT molecular complexity index is 681. The van der Waals surface area contributed by atoms with Crippen molar-refractivity contribution in [1.82, 2.24) is 9.80 Å². The van der Waals surface area contributed by atoms with Crippen LogP contribution in [0.3, 0.4) is 0 Å². The Hall–Kier alpha value is 1.26. The molecule has 0 bridgehead atoms. The fourth-order valence-corrected chi connectivity index (χ4v) is 3.27. The van der Waals surface area contributed by atoms with E-state index in [1.54, 1.807) is 0 Å². The first kappa shape index (κ1) is 52.6. The van der Waals surface area contributed by atoms with Gasteiger partial charge in [0, 0.05) is 39.3 Å². The average Bonchev–Trinajstić information content (AvgIpc) is 2.88. The largest absolute Gasteiger partial charge is 2.00 e. The summed E-state index contributed by atoms with van der Waals surface area (Å²) in [5.41, 5.74) is -10.6. The SMILES string of the molecule is ClCCl.ClCCl.[Ca+2].[O-]C(CN1CCOCCOCCN(CC([O-])(C(F)(F)F)C(F)(F)F)CCOCCOCC1)(C(F)(F)F)C(F)(F)F. The zero-order valence-corrected chi connectivity index (χ0v) is 29.6. The summed E-state index contributed by atoms with van der Waals surface area (Å²) in [6, 6.07) is 0. The van der Waals surface area contributed by atoms with Crippen molar-refractivity contribution in [2.24, 2.45) is 0 Å². The van der Waals surface area contributed by atoms with Crippen LogP contribution in [0.1, 0.15) is 0 Å². The molecule has 0 aromatic rings. The van der Waals surface area contributed by atoms with Crippen molar-refractivity contribution in [3.8, 4) is 0 Å². The standard InChI is InChI=1S/C20H28F12N2O6.2CH2Cl2.Ca/c21-17(22,23)15(35,18(24,25)26)13-33-1-5-37-9-10-39-7-3-34(4-8-40-12-11-38-6-2-33)14-16(36,19(27,28)29)20(30,31)32;2*2-1-3;/h1-14H2;2*1H2;/q-2;;;+2. The van der Waals surface area contributed by atoms with Gasteiger partial charge in [0.1, 0.15) is 0 Å². The van der Waals surface area contributed by atoms with Crippen LogP contribution in [0.4, 0.5) is 52.7 Å². The molecule has 280 valence electrons. The minimum atomic E-state index is -6.15. The molecule has 25 heteroatoms. The molecule has 1 heterocycles. The van der Waals surface area contributed by atoms with Crippen LogP contribution < -0.4 is 10.2 Å². The molecule has 0 spiro atoms. The number of alkyl halides is 16. The Morgan fingerprint density at radius 3 is 0.745 bits per heavy atom. The molecule has 1 aliphatic heterocycles. The van der Waals surface area contributed by atoms with E-state index in [-0.39, 0.29) is 74.8 Å². The summed E-state index contributed by atoms with van der Waals surface area (Å²) >= 11 is 19.1. The number of halogens is 16. The molecule has 1 fully saturated rings. The van der Waals surface area contributed by atoms with Crippen LogP contribution in [0, 0.1) is 0 Å². The van der Waals surface area contributed by atoms with Crippen LogP contribution >= 0.6 is 46.4 Å². The first-order valence-electron chi connectivity index (χ1n) is 12.7. The molecule has 1 aliphatic rings. The van der Waals surface area contributed by atoms with Gasteiger partial charge in [0.05, 0.1) is 74.7 Å². The van der Waals surface area contributed by atoms with Gasteiger partial charge >= 0.3 is 62.4 Å². The van der Waals surface area contributed by atoms with Crippen molar-refractivity contribution in [3.63, 3.8) is 0 Å². The third-order valence-corrected chi connectivity index (χ3v) is 5.68. The molecule has 1 rings (SSSR count). The van der Waals surface area contributed by atoms with Gasteiger partial charge in [-0.15, -0.1) is 46.4 Å². The summed E-state index contributed by atoms with van der Waals surface area (Å²) in [6.07, 6.45) is -24.6. The quantitative estimate of drug-likeness (QED) is 0.242. The number of nitrogens with zero attached hydrogens (tertiary/aromatic N) is 2. The molecule has 0 radical (unpaired) electrons. The molecule has 0 saturated carbocycles. The maximum absolute atomic E-state index is 13.0. The third kappa shape index (κ3) is 20.2. The van der Waals surface area contributed by atoms with E-state index in [4.69, 9.17) is 65.4 Å². The molecule has 0 N–H and O–H groups in total. The molecule has 0 aromatic heterocycles. The summed E-state index contributed by atoms with van der Waals surface area (Å²) in [7, 11) is 0. The zero-order chi connectivity index (χ0) is 36.3. The molecule has 8 nitrogen and oxygen atoms in total. The smallest absolute Gasteiger partial charge is 0.835 e. The maximum atomic E-state index is 13.0. The van der Waals surface area contributed by atoms with Crippen molar-refractivity contribution < 1.29 is 81.8 Å². The van der Waals surface area contributed by atoms with Crippen molar-refractivity contribution in [2.45, 2.75) is 35.9 Å². The Labute approximate surface area is 312 Å². The average molecular weight is 830 g/mol. The normalized spacial score (nSPS) is 18.8. The molecule has 0 unspecified atom stereocenters. The summed E-state index contributed by atoms with van der Waals surface area (Å²) in [5.74, 6) is 0. The molecule has 0 aliphatic carbocycles. The predicted molar refractivity (Wildman–Crippen MR) is 145 cm³/mol. The number of hydrogen-bond acceptors (Lipinski definition) is 8. The van der Waals surface area contributed by atoms with Crippen LogP contribution in [0.15, 0.2) is 0 Å². The van der Waals surface area contributed by atoms with Crippen LogP contribution in [-0.2, 0) is 18.9 Å². The van der Waals surface area contributed by atoms with Gasteiger partial charge in [0.25, 0.3) is 0 Å². The zero-order valence-electron chi connectivity index (χ0n) is 24.4. The van der Waals surface area contributed by atoms with Gasteiger partial charge < -0.3 is 29.2 Å². The first-order chi connectivity index (χ1) is 21.0. The Balaban J connectivity index is -0.00000255. The van der Waals surface area contributed by atoms with Crippen molar-refractivity contribution >= 4 is 84.1 Å². The first-order valence-corrected chi connectivity index (χ1v) is 14.8. The second kappa shape index (κ2) is 25.3. The summed E-state index contributed by atoms with van der Waals surface area (Å²) in [6.45, 7) is -9.25. The second-order valence-electron chi connectivity index (χ2n) is 8.85. The third-order valence-electron chi connectivity index (χ3n) is 5.68. The molecule has 0 aromatic carbocycles. The van der Waals surface area contributed by atoms with Crippen molar-refractivity contribution in [1.29, 1.82) is 0 Å². The van der Waals surface area contributed by atoms with Crippen LogP contribution in [0.2, 0.25) is 0 Å². The Morgan fingerprint density at radius 2 is 0.596 bits per heavy atom. The van der Waals surface area contributed by atoms with Gasteiger partial charge in [-0.2, -0.15) is 52.7 Å². The van der Waals surface area contributed by atoms with Crippen LogP contribution in [-0.4, -0.2) is 186 Å². The Morgan fingerprint density at radius 1 is 0.426 bits per heavy atom. The van der Waals surface area contributed by atoms with Crippen LogP contribution in [0.25, 0.3) is 0 Å². The van der Waals surface area contributed by atoms with E-state index in [1.807, 2.05) is 0 Å².